The number of aryl methyl sites for hydroxylation is 1. The van der Waals surface area contributed by atoms with Crippen molar-refractivity contribution in [1.82, 2.24) is 4.31 Å². The molecule has 0 aromatic heterocycles. The highest BCUT2D eigenvalue weighted by Crippen LogP contribution is 2.26. The fourth-order valence-corrected chi connectivity index (χ4v) is 2.72. The molecule has 4 heteroatoms. The average Bonchev–Trinajstić information content (AvgIpc) is 2.13. The first-order valence-corrected chi connectivity index (χ1v) is 5.73. The Kier molecular flexibility index (Phi) is 1.89. The van der Waals surface area contributed by atoms with E-state index in [4.69, 9.17) is 0 Å². The van der Waals surface area contributed by atoms with Gasteiger partial charge in [-0.25, -0.2) is 8.42 Å². The third-order valence-corrected chi connectivity index (χ3v) is 4.08. The fraction of sp³-hybridized carbons (Fsp3) is 0.200. The number of hydrogen-bond donors (Lipinski definition) is 0. The predicted molar refractivity (Wildman–Crippen MR) is 55.2 cm³/mol. The van der Waals surface area contributed by atoms with E-state index in [0.717, 1.165) is 11.1 Å². The van der Waals surface area contributed by atoms with Crippen molar-refractivity contribution in [3.63, 3.8) is 0 Å². The van der Waals surface area contributed by atoms with Crippen LogP contribution >= 0.6 is 0 Å². The first-order valence-electron chi connectivity index (χ1n) is 4.29. The van der Waals surface area contributed by atoms with Crippen molar-refractivity contribution in [2.75, 3.05) is 7.05 Å². The van der Waals surface area contributed by atoms with Gasteiger partial charge in [-0.3, -0.25) is 4.31 Å². The third kappa shape index (κ3) is 1.23. The number of rotatable bonds is 0. The molecule has 0 N–H and O–H groups in total. The Morgan fingerprint density at radius 2 is 2.00 bits per heavy atom. The Hall–Kier alpha value is -1.29. The summed E-state index contributed by atoms with van der Waals surface area (Å²) < 4.78 is 24.9. The Morgan fingerprint density at radius 3 is 2.71 bits per heavy atom. The van der Waals surface area contributed by atoms with E-state index in [1.165, 1.54) is 11.4 Å². The van der Waals surface area contributed by atoms with Crippen molar-refractivity contribution in [1.29, 1.82) is 0 Å². The highest BCUT2D eigenvalue weighted by molar-refractivity contribution is 7.89. The van der Waals surface area contributed by atoms with Crippen molar-refractivity contribution in [3.8, 4) is 0 Å². The average molecular weight is 209 g/mol. The molecule has 0 amide bonds. The summed E-state index contributed by atoms with van der Waals surface area (Å²) in [5.41, 5.74) is 1.71. The monoisotopic (exact) mass is 209 g/mol. The van der Waals surface area contributed by atoms with Gasteiger partial charge < -0.3 is 0 Å². The normalized spacial score (nSPS) is 18.0. The van der Waals surface area contributed by atoms with E-state index in [-0.39, 0.29) is 0 Å². The van der Waals surface area contributed by atoms with Gasteiger partial charge in [0.15, 0.2) is 0 Å². The molecule has 0 saturated heterocycles. The molecule has 1 aromatic carbocycles. The molecule has 3 nitrogen and oxygen atoms in total. The van der Waals surface area contributed by atoms with Gasteiger partial charge >= 0.3 is 0 Å². The van der Waals surface area contributed by atoms with Gasteiger partial charge in [-0.15, -0.1) is 0 Å². The molecule has 2 rings (SSSR count). The minimum Gasteiger partial charge on any atom is -0.276 e. The third-order valence-electron chi connectivity index (χ3n) is 2.29. The SMILES string of the molecule is Cc1ccc2c(c1)S(=O)(=O)N(C)C=C2. The molecule has 0 atom stereocenters. The number of hydrogen-bond acceptors (Lipinski definition) is 2. The minimum absolute atomic E-state index is 0.391. The Labute approximate surface area is 83.7 Å². The molecule has 1 aliphatic rings. The van der Waals surface area contributed by atoms with E-state index in [1.807, 2.05) is 19.1 Å². The summed E-state index contributed by atoms with van der Waals surface area (Å²) in [5, 5.41) is 0. The van der Waals surface area contributed by atoms with Gasteiger partial charge in [0, 0.05) is 13.2 Å². The maximum Gasteiger partial charge on any atom is 0.264 e. The first kappa shape index (κ1) is 9.27. The van der Waals surface area contributed by atoms with Crippen molar-refractivity contribution in [2.24, 2.45) is 0 Å². The van der Waals surface area contributed by atoms with Crippen molar-refractivity contribution < 1.29 is 8.42 Å². The highest BCUT2D eigenvalue weighted by atomic mass is 32.2. The van der Waals surface area contributed by atoms with Gasteiger partial charge in [-0.05, 0) is 30.2 Å². The van der Waals surface area contributed by atoms with Crippen LogP contribution in [0.1, 0.15) is 11.1 Å². The second-order valence-electron chi connectivity index (χ2n) is 3.38. The largest absolute Gasteiger partial charge is 0.276 e. The summed E-state index contributed by atoms with van der Waals surface area (Å²) in [7, 11) is -1.76. The highest BCUT2D eigenvalue weighted by Gasteiger charge is 2.24. The Balaban J connectivity index is 2.76. The summed E-state index contributed by atoms with van der Waals surface area (Å²) in [4.78, 5) is 0.391. The molecular weight excluding hydrogens is 198 g/mol. The van der Waals surface area contributed by atoms with Crippen molar-refractivity contribution >= 4 is 16.1 Å². The van der Waals surface area contributed by atoms with Crippen LogP contribution in [-0.4, -0.2) is 19.8 Å². The zero-order chi connectivity index (χ0) is 10.3. The summed E-state index contributed by atoms with van der Waals surface area (Å²) >= 11 is 0. The lowest BCUT2D eigenvalue weighted by Gasteiger charge is -2.21. The van der Waals surface area contributed by atoms with Crippen LogP contribution in [0.5, 0.6) is 0 Å². The molecule has 0 fully saturated rings. The first-order chi connectivity index (χ1) is 6.51. The van der Waals surface area contributed by atoms with Crippen LogP contribution in [0.25, 0.3) is 6.08 Å². The van der Waals surface area contributed by atoms with E-state index < -0.39 is 10.0 Å². The van der Waals surface area contributed by atoms with Gasteiger partial charge in [0.2, 0.25) is 0 Å². The maximum atomic E-state index is 11.8. The van der Waals surface area contributed by atoms with Gasteiger partial charge in [0.25, 0.3) is 10.0 Å². The molecule has 1 heterocycles. The smallest absolute Gasteiger partial charge is 0.264 e. The lowest BCUT2D eigenvalue weighted by atomic mass is 10.1. The molecule has 0 bridgehead atoms. The van der Waals surface area contributed by atoms with Crippen LogP contribution in [0.15, 0.2) is 29.3 Å². The molecule has 14 heavy (non-hydrogen) atoms. The van der Waals surface area contributed by atoms with Crippen LogP contribution in [0.4, 0.5) is 0 Å². The quantitative estimate of drug-likeness (QED) is 0.651. The van der Waals surface area contributed by atoms with Gasteiger partial charge in [-0.2, -0.15) is 0 Å². The summed E-state index contributed by atoms with van der Waals surface area (Å²) in [6.45, 7) is 1.88. The van der Waals surface area contributed by atoms with Crippen LogP contribution in [0, 0.1) is 6.92 Å². The Morgan fingerprint density at radius 1 is 1.29 bits per heavy atom. The Bertz CT molecular complexity index is 503. The van der Waals surface area contributed by atoms with Crippen LogP contribution < -0.4 is 0 Å². The number of nitrogens with zero attached hydrogens (tertiary/aromatic N) is 1. The van der Waals surface area contributed by atoms with E-state index in [2.05, 4.69) is 0 Å². The van der Waals surface area contributed by atoms with E-state index in [1.54, 1.807) is 18.3 Å². The molecule has 0 unspecified atom stereocenters. The van der Waals surface area contributed by atoms with Gasteiger partial charge in [0.05, 0.1) is 4.90 Å². The summed E-state index contributed by atoms with van der Waals surface area (Å²) in [5.74, 6) is 0. The summed E-state index contributed by atoms with van der Waals surface area (Å²) in [6.07, 6.45) is 3.36. The standard InChI is InChI=1S/C10H11NO2S/c1-8-3-4-9-5-6-11(2)14(12,13)10(9)7-8/h3-7H,1-2H3. The van der Waals surface area contributed by atoms with E-state index in [0.29, 0.717) is 4.90 Å². The second kappa shape index (κ2) is 2.85. The van der Waals surface area contributed by atoms with Crippen molar-refractivity contribution in [3.05, 3.63) is 35.5 Å². The molecule has 0 aliphatic carbocycles. The van der Waals surface area contributed by atoms with Gasteiger partial charge in [0.1, 0.15) is 0 Å². The zero-order valence-electron chi connectivity index (χ0n) is 8.06. The maximum absolute atomic E-state index is 11.8. The second-order valence-corrected chi connectivity index (χ2v) is 5.34. The molecule has 0 radical (unpaired) electrons. The number of benzene rings is 1. The molecule has 1 aliphatic heterocycles. The zero-order valence-corrected chi connectivity index (χ0v) is 8.88. The molecule has 0 spiro atoms. The predicted octanol–water partition coefficient (Wildman–Crippen LogP) is 1.60. The number of fused-ring (bicyclic) bond motifs is 1. The van der Waals surface area contributed by atoms with Crippen LogP contribution in [0.2, 0.25) is 0 Å². The number of sulfonamides is 1. The topological polar surface area (TPSA) is 37.4 Å². The van der Waals surface area contributed by atoms with E-state index in [9.17, 15) is 8.42 Å². The summed E-state index contributed by atoms with van der Waals surface area (Å²) in [6, 6.07) is 5.43. The van der Waals surface area contributed by atoms with Crippen LogP contribution in [0.3, 0.4) is 0 Å². The van der Waals surface area contributed by atoms with Crippen molar-refractivity contribution in [2.45, 2.75) is 11.8 Å². The molecular formula is C10H11NO2S. The molecule has 74 valence electrons. The van der Waals surface area contributed by atoms with Gasteiger partial charge in [-0.1, -0.05) is 12.1 Å². The fourth-order valence-electron chi connectivity index (χ4n) is 1.42. The molecule has 1 aromatic rings. The van der Waals surface area contributed by atoms with E-state index >= 15 is 0 Å². The minimum atomic E-state index is -3.30. The lowest BCUT2D eigenvalue weighted by Crippen LogP contribution is -2.24. The molecule has 0 saturated carbocycles. The van der Waals surface area contributed by atoms with Crippen LogP contribution in [-0.2, 0) is 10.0 Å². The lowest BCUT2D eigenvalue weighted by molar-refractivity contribution is 0.537.